The van der Waals surface area contributed by atoms with E-state index in [0.717, 1.165) is 83.7 Å². The second kappa shape index (κ2) is 21.5. The molecule has 432 valence electrons. The molecule has 13 aromatic carbocycles. The van der Waals surface area contributed by atoms with Crippen LogP contribution < -0.4 is 41.5 Å². The molecule has 18 rings (SSSR count). The number of pyridine rings is 1. The molecular weight excluding hydrogens is 1150 g/mol. The molecule has 0 spiro atoms. The van der Waals surface area contributed by atoms with Crippen molar-refractivity contribution in [2.24, 2.45) is 0 Å². The number of nitrogens with zero attached hydrogens (tertiary/aromatic N) is 6. The molecule has 18 aromatic rings. The number of hydrogen-bond acceptors (Lipinski definition) is 2. The van der Waals surface area contributed by atoms with Gasteiger partial charge >= 0.3 is 0 Å². The van der Waals surface area contributed by atoms with Gasteiger partial charge in [-0.05, 0) is 125 Å². The lowest BCUT2D eigenvalue weighted by Crippen LogP contribution is -2.74. The fourth-order valence-electron chi connectivity index (χ4n) is 15.4. The van der Waals surface area contributed by atoms with Gasteiger partial charge in [-0.15, -0.1) is 0 Å². The monoisotopic (exact) mass is 1210 g/mol. The van der Waals surface area contributed by atoms with E-state index in [1.807, 2.05) is 0 Å². The molecule has 5 aromatic heterocycles. The predicted molar refractivity (Wildman–Crippen MR) is 389 cm³/mol. The summed E-state index contributed by atoms with van der Waals surface area (Å²) in [4.78, 5) is 11.6. The molecule has 92 heavy (non-hydrogen) atoms. The minimum absolute atomic E-state index is 0.759. The maximum atomic E-state index is 5.94. The number of hydrogen-bond donors (Lipinski definition) is 0. The van der Waals surface area contributed by atoms with E-state index in [1.165, 1.54) is 57.7 Å². The Hall–Kier alpha value is -11.7. The van der Waals surface area contributed by atoms with Crippen LogP contribution in [0.25, 0.3) is 99.9 Å². The molecule has 0 unspecified atom stereocenters. The topological polar surface area (TPSA) is 45.0 Å². The van der Waals surface area contributed by atoms with E-state index in [9.17, 15) is 0 Å². The summed E-state index contributed by atoms with van der Waals surface area (Å²) in [5.74, 6) is 2.35. The van der Waals surface area contributed by atoms with Crippen LogP contribution in [0.3, 0.4) is 0 Å². The molecule has 0 saturated carbocycles. The summed E-state index contributed by atoms with van der Waals surface area (Å²) in [6.07, 6.45) is 0. The maximum Gasteiger partial charge on any atom is 0.221 e. The molecule has 6 nitrogen and oxygen atoms in total. The Bertz CT molecular complexity index is 5570. The number of aromatic nitrogens is 6. The fourth-order valence-corrected chi connectivity index (χ4v) is 24.9. The smallest absolute Gasteiger partial charge is 0.221 e. The lowest BCUT2D eigenvalue weighted by atomic mass is 10.1. The summed E-state index contributed by atoms with van der Waals surface area (Å²) < 4.78 is 9.47. The number of benzene rings is 13. The summed E-state index contributed by atoms with van der Waals surface area (Å²) >= 11 is 0. The molecule has 0 radical (unpaired) electrons. The minimum atomic E-state index is -2.92. The summed E-state index contributed by atoms with van der Waals surface area (Å²) in [7, 11) is -5.82. The van der Waals surface area contributed by atoms with Crippen LogP contribution >= 0.6 is 0 Å². The number of fused-ring (bicyclic) bond motifs is 11. The van der Waals surface area contributed by atoms with Crippen molar-refractivity contribution in [2.75, 3.05) is 0 Å². The van der Waals surface area contributed by atoms with Gasteiger partial charge in [0, 0.05) is 27.2 Å². The Morgan fingerprint density at radius 2 is 0.609 bits per heavy atom. The fraction of sp³-hybridized carbons (Fsp3) is 0. The zero-order valence-electron chi connectivity index (χ0n) is 50.2. The van der Waals surface area contributed by atoms with Crippen LogP contribution in [0.2, 0.25) is 0 Å². The van der Waals surface area contributed by atoms with Crippen molar-refractivity contribution in [2.45, 2.75) is 0 Å². The van der Waals surface area contributed by atoms with E-state index in [0.29, 0.717) is 0 Å². The van der Waals surface area contributed by atoms with Gasteiger partial charge in [0.15, 0.2) is 16.1 Å². The molecular formula is C84H58N6Si2. The van der Waals surface area contributed by atoms with Crippen LogP contribution in [0.15, 0.2) is 352 Å². The van der Waals surface area contributed by atoms with E-state index < -0.39 is 16.1 Å². The predicted octanol–water partition coefficient (Wildman–Crippen LogP) is 14.4. The van der Waals surface area contributed by atoms with Gasteiger partial charge < -0.3 is 4.57 Å². The molecule has 0 aliphatic carbocycles. The van der Waals surface area contributed by atoms with Crippen molar-refractivity contribution in [3.8, 4) is 28.5 Å². The normalized spacial score (nSPS) is 12.1. The summed E-state index contributed by atoms with van der Waals surface area (Å²) in [5.41, 5.74) is 11.7. The molecule has 0 bridgehead atoms. The second-order valence-corrected chi connectivity index (χ2v) is 31.7. The van der Waals surface area contributed by atoms with E-state index in [1.54, 1.807) is 0 Å². The Labute approximate surface area is 534 Å². The highest BCUT2D eigenvalue weighted by molar-refractivity contribution is 7.20. The lowest BCUT2D eigenvalue weighted by Gasteiger charge is -2.34. The van der Waals surface area contributed by atoms with Crippen LogP contribution in [0.4, 0.5) is 0 Å². The molecule has 0 amide bonds. The quantitative estimate of drug-likeness (QED) is 0.0904. The maximum absolute atomic E-state index is 5.94. The first kappa shape index (κ1) is 53.4. The van der Waals surface area contributed by atoms with E-state index in [2.05, 4.69) is 370 Å². The highest BCUT2D eigenvalue weighted by Gasteiger charge is 2.43. The molecule has 0 saturated heterocycles. The third kappa shape index (κ3) is 8.11. The van der Waals surface area contributed by atoms with Gasteiger partial charge in [-0.3, -0.25) is 13.5 Å². The van der Waals surface area contributed by atoms with Gasteiger partial charge in [0.05, 0.1) is 44.1 Å². The first-order valence-corrected chi connectivity index (χ1v) is 35.6. The number of imidazole rings is 2. The molecule has 0 fully saturated rings. The molecule has 5 heterocycles. The first-order valence-electron chi connectivity index (χ1n) is 31.6. The van der Waals surface area contributed by atoms with Crippen LogP contribution in [-0.4, -0.2) is 44.2 Å². The van der Waals surface area contributed by atoms with Crippen molar-refractivity contribution in [1.29, 1.82) is 0 Å². The summed E-state index contributed by atoms with van der Waals surface area (Å²) in [6.45, 7) is 0. The van der Waals surface area contributed by atoms with Crippen LogP contribution in [-0.2, 0) is 0 Å². The van der Waals surface area contributed by atoms with E-state index in [4.69, 9.17) is 9.97 Å². The molecule has 0 atom stereocenters. The summed E-state index contributed by atoms with van der Waals surface area (Å²) in [5, 5.41) is 15.3. The Morgan fingerprint density at radius 3 is 1.11 bits per heavy atom. The highest BCUT2D eigenvalue weighted by atomic mass is 28.3. The zero-order valence-corrected chi connectivity index (χ0v) is 52.2. The summed E-state index contributed by atoms with van der Waals surface area (Å²) in [6, 6.07) is 130. The Balaban J connectivity index is 0.901. The SMILES string of the molecule is c1ccc([Si](c2ccccc2)(c2ccccc2)c2ccc3c(c2)c2ccccc2n3-c2cc(-c3cccc(-n4c5ccccc5c5ccccc54)c3)cc(-n3c4ccccc4n4c5cc([Si](c6ccccc6)(c6ccccc6)c6ccccc6)ccc5nc34)n2)cc1. The first-order chi connectivity index (χ1) is 45.6. The van der Waals surface area contributed by atoms with Gasteiger partial charge in [0.2, 0.25) is 5.78 Å². The lowest BCUT2D eigenvalue weighted by molar-refractivity contribution is 0.996. The average Bonchev–Trinajstić information content (AvgIpc) is 1.36. The molecule has 0 aliphatic heterocycles. The van der Waals surface area contributed by atoms with Gasteiger partial charge in [-0.2, -0.15) is 0 Å². The van der Waals surface area contributed by atoms with Gasteiger partial charge in [0.1, 0.15) is 11.6 Å². The van der Waals surface area contributed by atoms with Crippen molar-refractivity contribution in [3.63, 3.8) is 0 Å². The average molecular weight is 1210 g/mol. The van der Waals surface area contributed by atoms with Crippen LogP contribution in [0.5, 0.6) is 0 Å². The third-order valence-electron chi connectivity index (χ3n) is 19.3. The van der Waals surface area contributed by atoms with Crippen LogP contribution in [0.1, 0.15) is 0 Å². The van der Waals surface area contributed by atoms with Crippen LogP contribution in [0, 0.1) is 0 Å². The highest BCUT2D eigenvalue weighted by Crippen LogP contribution is 2.38. The Kier molecular flexibility index (Phi) is 12.5. The van der Waals surface area contributed by atoms with E-state index in [-0.39, 0.29) is 0 Å². The van der Waals surface area contributed by atoms with Crippen molar-refractivity contribution >= 4 is 129 Å². The Morgan fingerprint density at radius 1 is 0.217 bits per heavy atom. The molecule has 0 aliphatic rings. The largest absolute Gasteiger partial charge is 0.309 e. The molecule has 8 heteroatoms. The van der Waals surface area contributed by atoms with E-state index >= 15 is 0 Å². The second-order valence-electron chi connectivity index (χ2n) is 24.0. The van der Waals surface area contributed by atoms with Gasteiger partial charge in [-0.25, -0.2) is 9.97 Å². The number of para-hydroxylation sites is 5. The third-order valence-corrected chi connectivity index (χ3v) is 28.8. The molecule has 0 N–H and O–H groups in total. The standard InChI is InChI=1S/C84H58N6Si2/c1-7-30-62(31-8-1)91(63-32-9-2-10-33-63,64-34-11-3-12-35-64)68-51-53-78-73(57-68)72-44-21-24-47-77(72)88(78)82-55-60(59-28-27-29-61(54-59)87-75-45-22-19-42-70(75)71-43-20-23-46-76(71)87)56-83(86-82)90-80-49-26-25-48-79(80)89-81-58-69(50-52-74(81)85-84(89)90)92(65-36-13-4-14-37-65,66-38-15-5-16-39-66)67-40-17-6-18-41-67/h1-58H. The van der Waals surface area contributed by atoms with Gasteiger partial charge in [0.25, 0.3) is 0 Å². The number of rotatable bonds is 12. The van der Waals surface area contributed by atoms with Crippen molar-refractivity contribution in [3.05, 3.63) is 352 Å². The van der Waals surface area contributed by atoms with Crippen molar-refractivity contribution in [1.82, 2.24) is 28.1 Å². The van der Waals surface area contributed by atoms with Gasteiger partial charge in [-0.1, -0.05) is 279 Å². The zero-order chi connectivity index (χ0) is 60.7. The van der Waals surface area contributed by atoms with Crippen molar-refractivity contribution < 1.29 is 0 Å². The minimum Gasteiger partial charge on any atom is -0.309 e.